The SMILES string of the molecule is CCOc1ccccc1NC(=O)[C@H]1O[C@@H]2OC3(CCCCC3)O[C@@H]2[C@H]2OC3(CCCCC3)O[C@H]21. The van der Waals surface area contributed by atoms with Gasteiger partial charge in [0.1, 0.15) is 24.1 Å². The molecule has 1 aromatic carbocycles. The number of ether oxygens (including phenoxy) is 6. The topological polar surface area (TPSA) is 84.5 Å². The van der Waals surface area contributed by atoms with Crippen molar-refractivity contribution in [2.24, 2.45) is 0 Å². The second-order valence-corrected chi connectivity index (χ2v) is 10.2. The molecule has 2 aliphatic carbocycles. The largest absolute Gasteiger partial charge is 0.492 e. The maximum atomic E-state index is 13.6. The van der Waals surface area contributed by atoms with Gasteiger partial charge in [-0.25, -0.2) is 0 Å². The van der Waals surface area contributed by atoms with Crippen LogP contribution in [-0.4, -0.2) is 54.8 Å². The van der Waals surface area contributed by atoms with Crippen LogP contribution in [0.4, 0.5) is 5.69 Å². The summed E-state index contributed by atoms with van der Waals surface area (Å²) in [5, 5.41) is 3.00. The van der Waals surface area contributed by atoms with Gasteiger partial charge in [0.25, 0.3) is 5.91 Å². The molecule has 1 aromatic rings. The summed E-state index contributed by atoms with van der Waals surface area (Å²) in [5.74, 6) is -0.974. The van der Waals surface area contributed by atoms with Crippen LogP contribution >= 0.6 is 0 Å². The zero-order valence-electron chi connectivity index (χ0n) is 19.8. The Morgan fingerprint density at radius 3 is 2.21 bits per heavy atom. The zero-order valence-corrected chi connectivity index (χ0v) is 19.8. The minimum absolute atomic E-state index is 0.287. The second-order valence-electron chi connectivity index (χ2n) is 10.2. The molecule has 8 nitrogen and oxygen atoms in total. The molecule has 8 heteroatoms. The molecule has 0 unspecified atom stereocenters. The van der Waals surface area contributed by atoms with Crippen LogP contribution in [0.15, 0.2) is 24.3 Å². The van der Waals surface area contributed by atoms with Crippen LogP contribution in [0.25, 0.3) is 0 Å². The van der Waals surface area contributed by atoms with E-state index in [2.05, 4.69) is 5.32 Å². The number of benzene rings is 1. The van der Waals surface area contributed by atoms with Crippen molar-refractivity contribution in [2.75, 3.05) is 11.9 Å². The number of hydrogen-bond acceptors (Lipinski definition) is 7. The summed E-state index contributed by atoms with van der Waals surface area (Å²) >= 11 is 0. The Labute approximate surface area is 200 Å². The molecule has 2 spiro atoms. The number of carbonyl (C=O) groups excluding carboxylic acids is 1. The van der Waals surface area contributed by atoms with E-state index in [1.54, 1.807) is 0 Å². The lowest BCUT2D eigenvalue weighted by atomic mass is 9.94. The van der Waals surface area contributed by atoms with Crippen molar-refractivity contribution in [1.82, 2.24) is 0 Å². The summed E-state index contributed by atoms with van der Waals surface area (Å²) in [6.45, 7) is 2.42. The number of carbonyl (C=O) groups is 1. The first-order chi connectivity index (χ1) is 16.6. The highest BCUT2D eigenvalue weighted by molar-refractivity contribution is 5.96. The number of para-hydroxylation sites is 2. The van der Waals surface area contributed by atoms with E-state index < -0.39 is 42.3 Å². The number of fused-ring (bicyclic) bond motifs is 3. The van der Waals surface area contributed by atoms with E-state index in [1.807, 2.05) is 31.2 Å². The van der Waals surface area contributed by atoms with E-state index in [9.17, 15) is 4.79 Å². The minimum atomic E-state index is -0.871. The molecule has 5 fully saturated rings. The van der Waals surface area contributed by atoms with Crippen molar-refractivity contribution in [3.05, 3.63) is 24.3 Å². The third-order valence-electron chi connectivity index (χ3n) is 7.81. The van der Waals surface area contributed by atoms with Crippen LogP contribution in [0.1, 0.15) is 71.1 Å². The predicted octanol–water partition coefficient (Wildman–Crippen LogP) is 4.27. The Morgan fingerprint density at radius 2 is 1.50 bits per heavy atom. The fraction of sp³-hybridized carbons (Fsp3) is 0.731. The lowest BCUT2D eigenvalue weighted by Gasteiger charge is -2.36. The smallest absolute Gasteiger partial charge is 0.256 e. The van der Waals surface area contributed by atoms with E-state index in [1.165, 1.54) is 12.8 Å². The molecule has 3 saturated heterocycles. The first-order valence-electron chi connectivity index (χ1n) is 13.0. The molecule has 2 saturated carbocycles. The molecule has 0 radical (unpaired) electrons. The normalized spacial score (nSPS) is 35.6. The first kappa shape index (κ1) is 22.7. The standard InChI is InChI=1S/C26H35NO7/c1-2-29-18-12-6-5-11-17(18)27-23(28)21-19-20(32-25(31-19)13-7-3-8-14-25)22-24(30-21)34-26(33-22)15-9-4-10-16-26/h5-6,11-12,19-22,24H,2-4,7-10,13-16H2,1H3,(H,27,28)/t19-,20+,21+,22-,24-/m1/s1. The number of rotatable bonds is 4. The Morgan fingerprint density at radius 1 is 0.882 bits per heavy atom. The molecule has 5 atom stereocenters. The van der Waals surface area contributed by atoms with Crippen LogP contribution in [0.5, 0.6) is 5.75 Å². The number of amides is 1. The Bertz CT molecular complexity index is 895. The highest BCUT2D eigenvalue weighted by Crippen LogP contribution is 2.51. The van der Waals surface area contributed by atoms with Gasteiger partial charge in [-0.1, -0.05) is 25.0 Å². The van der Waals surface area contributed by atoms with E-state index in [0.717, 1.165) is 51.4 Å². The summed E-state index contributed by atoms with van der Waals surface area (Å²) in [6.07, 6.45) is 7.02. The molecule has 186 valence electrons. The minimum Gasteiger partial charge on any atom is -0.492 e. The molecule has 6 rings (SSSR count). The van der Waals surface area contributed by atoms with Gasteiger partial charge in [0.2, 0.25) is 0 Å². The molecule has 3 aliphatic heterocycles. The Hall–Kier alpha value is -1.71. The van der Waals surface area contributed by atoms with Crippen molar-refractivity contribution in [2.45, 2.75) is 113 Å². The zero-order chi connectivity index (χ0) is 23.2. The van der Waals surface area contributed by atoms with Crippen molar-refractivity contribution in [1.29, 1.82) is 0 Å². The monoisotopic (exact) mass is 473 g/mol. The molecule has 5 aliphatic rings. The van der Waals surface area contributed by atoms with Gasteiger partial charge in [-0.3, -0.25) is 4.79 Å². The lowest BCUT2D eigenvalue weighted by Crippen LogP contribution is -2.58. The lowest BCUT2D eigenvalue weighted by molar-refractivity contribution is -0.246. The molecule has 0 bridgehead atoms. The van der Waals surface area contributed by atoms with Gasteiger partial charge in [-0.15, -0.1) is 0 Å². The van der Waals surface area contributed by atoms with Crippen LogP contribution in [0.3, 0.4) is 0 Å². The quantitative estimate of drug-likeness (QED) is 0.699. The third-order valence-corrected chi connectivity index (χ3v) is 7.81. The van der Waals surface area contributed by atoms with E-state index in [4.69, 9.17) is 28.4 Å². The molecular weight excluding hydrogens is 438 g/mol. The highest BCUT2D eigenvalue weighted by Gasteiger charge is 2.65. The Kier molecular flexibility index (Phi) is 6.06. The van der Waals surface area contributed by atoms with Gasteiger partial charge in [0, 0.05) is 25.7 Å². The van der Waals surface area contributed by atoms with Gasteiger partial charge in [0.15, 0.2) is 24.0 Å². The maximum absolute atomic E-state index is 13.6. The predicted molar refractivity (Wildman–Crippen MR) is 122 cm³/mol. The van der Waals surface area contributed by atoms with Crippen molar-refractivity contribution in [3.63, 3.8) is 0 Å². The highest BCUT2D eigenvalue weighted by atomic mass is 16.9. The summed E-state index contributed by atoms with van der Waals surface area (Å²) < 4.78 is 38.1. The van der Waals surface area contributed by atoms with Gasteiger partial charge in [0.05, 0.1) is 12.3 Å². The van der Waals surface area contributed by atoms with Crippen molar-refractivity contribution in [3.8, 4) is 5.75 Å². The van der Waals surface area contributed by atoms with Gasteiger partial charge in [-0.2, -0.15) is 0 Å². The van der Waals surface area contributed by atoms with E-state index in [-0.39, 0.29) is 5.91 Å². The second kappa shape index (κ2) is 9.06. The van der Waals surface area contributed by atoms with Gasteiger partial charge in [-0.05, 0) is 44.7 Å². The fourth-order valence-corrected chi connectivity index (χ4v) is 6.22. The van der Waals surface area contributed by atoms with Crippen LogP contribution in [-0.2, 0) is 28.5 Å². The van der Waals surface area contributed by atoms with Crippen molar-refractivity contribution < 1.29 is 33.2 Å². The average Bonchev–Trinajstić information content (AvgIpc) is 3.38. The molecule has 1 N–H and O–H groups in total. The Balaban J connectivity index is 1.27. The van der Waals surface area contributed by atoms with Crippen LogP contribution in [0.2, 0.25) is 0 Å². The fourth-order valence-electron chi connectivity index (χ4n) is 6.22. The van der Waals surface area contributed by atoms with Gasteiger partial charge >= 0.3 is 0 Å². The van der Waals surface area contributed by atoms with Crippen LogP contribution in [0, 0.1) is 0 Å². The van der Waals surface area contributed by atoms with E-state index >= 15 is 0 Å². The van der Waals surface area contributed by atoms with Gasteiger partial charge < -0.3 is 33.7 Å². The number of hydrogen-bond donors (Lipinski definition) is 1. The molecule has 3 heterocycles. The molecular formula is C26H35NO7. The molecule has 0 aromatic heterocycles. The van der Waals surface area contributed by atoms with Crippen LogP contribution < -0.4 is 10.1 Å². The summed E-state index contributed by atoms with van der Waals surface area (Å²) in [7, 11) is 0. The number of nitrogens with one attached hydrogen (secondary N) is 1. The summed E-state index contributed by atoms with van der Waals surface area (Å²) in [5.41, 5.74) is 0.607. The van der Waals surface area contributed by atoms with Crippen molar-refractivity contribution >= 4 is 11.6 Å². The molecule has 34 heavy (non-hydrogen) atoms. The maximum Gasteiger partial charge on any atom is 0.256 e. The number of anilines is 1. The summed E-state index contributed by atoms with van der Waals surface area (Å²) in [4.78, 5) is 13.6. The average molecular weight is 474 g/mol. The first-order valence-corrected chi connectivity index (χ1v) is 13.0. The summed E-state index contributed by atoms with van der Waals surface area (Å²) in [6, 6.07) is 7.41. The van der Waals surface area contributed by atoms with E-state index in [0.29, 0.717) is 18.0 Å². The third kappa shape index (κ3) is 4.03. The molecule has 1 amide bonds.